The number of amides is 1. The standard InChI is InChI=1S/C20H16ClFN6O/c1-2-12(10-23)19(29)25-14-6-3-5-13(9-14)18-26-20(28-27-18)24-11-15-16(21)7-4-8-17(15)22/h2-9H,11H2,1H3,(H,25,29)(H2,24,26,27,28)/b12-2+. The SMILES string of the molecule is C/C=C(\C#N)C(=O)Nc1cccc(-c2n[nH]c(NCc3c(F)cccc3Cl)n2)c1. The lowest BCUT2D eigenvalue weighted by Crippen LogP contribution is -2.13. The first-order valence-electron chi connectivity index (χ1n) is 8.59. The fraction of sp³-hybridized carbons (Fsp3) is 0.100. The van der Waals surface area contributed by atoms with Crippen molar-refractivity contribution in [3.05, 3.63) is 70.5 Å². The summed E-state index contributed by atoms with van der Waals surface area (Å²) in [5, 5.41) is 21.7. The molecule has 7 nitrogen and oxygen atoms in total. The number of hydrogen-bond acceptors (Lipinski definition) is 5. The summed E-state index contributed by atoms with van der Waals surface area (Å²) >= 11 is 6.01. The molecule has 1 aromatic heterocycles. The minimum absolute atomic E-state index is 0.0200. The number of halogens is 2. The van der Waals surface area contributed by atoms with E-state index in [-0.39, 0.29) is 12.1 Å². The van der Waals surface area contributed by atoms with Crippen molar-refractivity contribution >= 4 is 29.1 Å². The molecule has 0 aliphatic carbocycles. The van der Waals surface area contributed by atoms with E-state index in [4.69, 9.17) is 16.9 Å². The van der Waals surface area contributed by atoms with Crippen LogP contribution in [0.5, 0.6) is 0 Å². The largest absolute Gasteiger partial charge is 0.350 e. The van der Waals surface area contributed by atoms with Gasteiger partial charge >= 0.3 is 0 Å². The molecular formula is C20H16ClFN6O. The summed E-state index contributed by atoms with van der Waals surface area (Å²) in [5.74, 6) is -0.179. The molecule has 3 aromatic rings. The van der Waals surface area contributed by atoms with Gasteiger partial charge in [-0.2, -0.15) is 15.3 Å². The van der Waals surface area contributed by atoms with Gasteiger partial charge in [0.05, 0.1) is 0 Å². The third-order valence-corrected chi connectivity index (χ3v) is 4.37. The first kappa shape index (κ1) is 20.0. The number of nitriles is 1. The molecule has 0 spiro atoms. The summed E-state index contributed by atoms with van der Waals surface area (Å²) in [7, 11) is 0. The lowest BCUT2D eigenvalue weighted by molar-refractivity contribution is -0.112. The number of carbonyl (C=O) groups is 1. The second-order valence-electron chi connectivity index (χ2n) is 5.91. The van der Waals surface area contributed by atoms with Gasteiger partial charge in [-0.25, -0.2) is 9.49 Å². The molecule has 146 valence electrons. The molecular weight excluding hydrogens is 395 g/mol. The zero-order valence-electron chi connectivity index (χ0n) is 15.3. The summed E-state index contributed by atoms with van der Waals surface area (Å²) in [6.45, 7) is 1.75. The van der Waals surface area contributed by atoms with Crippen molar-refractivity contribution in [2.75, 3.05) is 10.6 Å². The molecule has 0 aliphatic rings. The van der Waals surface area contributed by atoms with E-state index in [1.54, 1.807) is 37.3 Å². The Morgan fingerprint density at radius 3 is 2.86 bits per heavy atom. The first-order valence-corrected chi connectivity index (χ1v) is 8.97. The van der Waals surface area contributed by atoms with Crippen LogP contribution in [0.2, 0.25) is 5.02 Å². The van der Waals surface area contributed by atoms with Crippen LogP contribution < -0.4 is 10.6 Å². The van der Waals surface area contributed by atoms with Crippen LogP contribution in [0, 0.1) is 17.1 Å². The summed E-state index contributed by atoms with van der Waals surface area (Å²) in [4.78, 5) is 16.3. The Morgan fingerprint density at radius 1 is 1.34 bits per heavy atom. The van der Waals surface area contributed by atoms with Crippen LogP contribution in [-0.2, 0) is 11.3 Å². The number of rotatable bonds is 6. The van der Waals surface area contributed by atoms with Crippen molar-refractivity contribution in [2.45, 2.75) is 13.5 Å². The molecule has 0 unspecified atom stereocenters. The maximum absolute atomic E-state index is 13.9. The minimum atomic E-state index is -0.494. The molecule has 0 radical (unpaired) electrons. The number of H-pyrrole nitrogens is 1. The fourth-order valence-corrected chi connectivity index (χ4v) is 2.75. The number of nitrogens with zero attached hydrogens (tertiary/aromatic N) is 3. The second-order valence-corrected chi connectivity index (χ2v) is 6.32. The zero-order chi connectivity index (χ0) is 20.8. The monoisotopic (exact) mass is 410 g/mol. The Labute approximate surface area is 171 Å². The van der Waals surface area contributed by atoms with Gasteiger partial charge < -0.3 is 10.6 Å². The quantitative estimate of drug-likeness (QED) is 0.415. The number of nitrogens with one attached hydrogen (secondary N) is 3. The van der Waals surface area contributed by atoms with E-state index in [2.05, 4.69) is 25.8 Å². The summed E-state index contributed by atoms with van der Waals surface area (Å²) < 4.78 is 13.9. The van der Waals surface area contributed by atoms with E-state index in [0.717, 1.165) is 0 Å². The van der Waals surface area contributed by atoms with Gasteiger partial charge in [-0.1, -0.05) is 35.9 Å². The van der Waals surface area contributed by atoms with Crippen LogP contribution in [0.3, 0.4) is 0 Å². The Bertz CT molecular complexity index is 1100. The van der Waals surface area contributed by atoms with Crippen molar-refractivity contribution in [3.8, 4) is 17.5 Å². The number of carbonyl (C=O) groups excluding carboxylic acids is 1. The van der Waals surface area contributed by atoms with E-state index >= 15 is 0 Å². The molecule has 0 aliphatic heterocycles. The molecule has 1 heterocycles. The molecule has 1 amide bonds. The van der Waals surface area contributed by atoms with E-state index in [1.165, 1.54) is 18.2 Å². The van der Waals surface area contributed by atoms with E-state index in [0.29, 0.717) is 33.6 Å². The Balaban J connectivity index is 1.72. The van der Waals surface area contributed by atoms with Gasteiger partial charge in [0.2, 0.25) is 5.95 Å². The van der Waals surface area contributed by atoms with Crippen molar-refractivity contribution in [1.29, 1.82) is 5.26 Å². The summed E-state index contributed by atoms with van der Waals surface area (Å²) in [6.07, 6.45) is 1.44. The van der Waals surface area contributed by atoms with Crippen LogP contribution in [0.15, 0.2) is 54.1 Å². The molecule has 0 saturated carbocycles. The van der Waals surface area contributed by atoms with Crippen LogP contribution in [0.25, 0.3) is 11.4 Å². The Kier molecular flexibility index (Phi) is 6.22. The number of benzene rings is 2. The Hall–Kier alpha value is -3.70. The van der Waals surface area contributed by atoms with Crippen molar-refractivity contribution in [3.63, 3.8) is 0 Å². The van der Waals surface area contributed by atoms with E-state index < -0.39 is 11.7 Å². The molecule has 0 fully saturated rings. The normalized spacial score (nSPS) is 11.0. The maximum atomic E-state index is 13.9. The average Bonchev–Trinajstić information content (AvgIpc) is 3.18. The van der Waals surface area contributed by atoms with Gasteiger partial charge in [-0.3, -0.25) is 4.79 Å². The highest BCUT2D eigenvalue weighted by molar-refractivity contribution is 6.31. The number of aromatic amines is 1. The number of allylic oxidation sites excluding steroid dienone is 1. The maximum Gasteiger partial charge on any atom is 0.265 e. The van der Waals surface area contributed by atoms with Crippen LogP contribution >= 0.6 is 11.6 Å². The predicted molar refractivity (Wildman–Crippen MR) is 109 cm³/mol. The minimum Gasteiger partial charge on any atom is -0.350 e. The lowest BCUT2D eigenvalue weighted by Gasteiger charge is -2.06. The highest BCUT2D eigenvalue weighted by Gasteiger charge is 2.12. The molecule has 29 heavy (non-hydrogen) atoms. The summed E-state index contributed by atoms with van der Waals surface area (Å²) in [6, 6.07) is 13.2. The molecule has 3 N–H and O–H groups in total. The van der Waals surface area contributed by atoms with Crippen molar-refractivity contribution in [2.24, 2.45) is 0 Å². The zero-order valence-corrected chi connectivity index (χ0v) is 16.1. The predicted octanol–water partition coefficient (Wildman–Crippen LogP) is 4.28. The van der Waals surface area contributed by atoms with Crippen LogP contribution in [0.4, 0.5) is 16.0 Å². The molecule has 0 saturated heterocycles. The lowest BCUT2D eigenvalue weighted by atomic mass is 10.2. The van der Waals surface area contributed by atoms with Gasteiger partial charge in [0.15, 0.2) is 5.82 Å². The van der Waals surface area contributed by atoms with Gasteiger partial charge in [0.1, 0.15) is 17.5 Å². The third-order valence-electron chi connectivity index (χ3n) is 4.01. The molecule has 0 atom stereocenters. The van der Waals surface area contributed by atoms with Gasteiger partial charge in [-0.15, -0.1) is 0 Å². The fourth-order valence-electron chi connectivity index (χ4n) is 2.52. The van der Waals surface area contributed by atoms with E-state index in [9.17, 15) is 9.18 Å². The van der Waals surface area contributed by atoms with E-state index in [1.807, 2.05) is 6.07 Å². The number of aromatic nitrogens is 3. The highest BCUT2D eigenvalue weighted by atomic mass is 35.5. The summed E-state index contributed by atoms with van der Waals surface area (Å²) in [5.41, 5.74) is 1.50. The Morgan fingerprint density at radius 2 is 2.14 bits per heavy atom. The van der Waals surface area contributed by atoms with Gasteiger partial charge in [-0.05, 0) is 31.2 Å². The highest BCUT2D eigenvalue weighted by Crippen LogP contribution is 2.22. The van der Waals surface area contributed by atoms with Crippen LogP contribution in [0.1, 0.15) is 12.5 Å². The third kappa shape index (κ3) is 4.78. The second kappa shape index (κ2) is 8.99. The topological polar surface area (TPSA) is 106 Å². The smallest absolute Gasteiger partial charge is 0.265 e. The van der Waals surface area contributed by atoms with Crippen molar-refractivity contribution < 1.29 is 9.18 Å². The van der Waals surface area contributed by atoms with Gasteiger partial charge in [0.25, 0.3) is 5.91 Å². The number of hydrogen-bond donors (Lipinski definition) is 3. The molecule has 3 rings (SSSR count). The van der Waals surface area contributed by atoms with Crippen molar-refractivity contribution in [1.82, 2.24) is 15.2 Å². The average molecular weight is 411 g/mol. The number of anilines is 2. The molecule has 0 bridgehead atoms. The van der Waals surface area contributed by atoms with Gasteiger partial charge in [0, 0.05) is 28.4 Å². The van der Waals surface area contributed by atoms with Crippen LogP contribution in [-0.4, -0.2) is 21.1 Å². The first-order chi connectivity index (χ1) is 14.0. The molecule has 2 aromatic carbocycles. The molecule has 9 heteroatoms.